The van der Waals surface area contributed by atoms with Gasteiger partial charge in [-0.05, 0) is 23.8 Å². The van der Waals surface area contributed by atoms with Crippen LogP contribution in [0, 0.1) is 10.1 Å². The molecule has 0 spiro atoms. The molecule has 0 saturated carbocycles. The number of benzene rings is 2. The Balaban J connectivity index is 2.14. The second kappa shape index (κ2) is 6.55. The lowest BCUT2D eigenvalue weighted by Gasteiger charge is -2.07. The number of carbonyl (C=O) groups is 1. The Labute approximate surface area is 131 Å². The lowest BCUT2D eigenvalue weighted by atomic mass is 10.1. The molecule has 2 aromatic rings. The minimum Gasteiger partial charge on any atom is -0.478 e. The second-order valence-corrected chi connectivity index (χ2v) is 6.35. The summed E-state index contributed by atoms with van der Waals surface area (Å²) in [6.45, 7) is -0.0646. The van der Waals surface area contributed by atoms with Crippen molar-refractivity contribution in [2.75, 3.05) is 0 Å². The van der Waals surface area contributed by atoms with Gasteiger partial charge in [-0.2, -0.15) is 0 Å². The van der Waals surface area contributed by atoms with Gasteiger partial charge in [0, 0.05) is 18.7 Å². The predicted molar refractivity (Wildman–Crippen MR) is 80.5 cm³/mol. The molecule has 2 N–H and O–H groups in total. The third-order valence-corrected chi connectivity index (χ3v) is 4.40. The Morgan fingerprint density at radius 1 is 1.17 bits per heavy atom. The van der Waals surface area contributed by atoms with Crippen molar-refractivity contribution in [1.82, 2.24) is 4.72 Å². The van der Waals surface area contributed by atoms with E-state index in [9.17, 15) is 23.3 Å². The Bertz CT molecular complexity index is 846. The van der Waals surface area contributed by atoms with Crippen LogP contribution in [0.5, 0.6) is 0 Å². The maximum Gasteiger partial charge on any atom is 0.335 e. The van der Waals surface area contributed by atoms with Crippen molar-refractivity contribution in [3.05, 3.63) is 69.8 Å². The molecule has 0 aromatic heterocycles. The number of non-ortho nitro benzene ring substituents is 1. The number of nitrogens with one attached hydrogen (secondary N) is 1. The summed E-state index contributed by atoms with van der Waals surface area (Å²) in [5, 5.41) is 19.5. The highest BCUT2D eigenvalue weighted by Gasteiger charge is 2.17. The van der Waals surface area contributed by atoms with Gasteiger partial charge in [0.1, 0.15) is 0 Å². The minimum absolute atomic E-state index is 0.0646. The Morgan fingerprint density at radius 2 is 1.83 bits per heavy atom. The van der Waals surface area contributed by atoms with E-state index in [2.05, 4.69) is 4.72 Å². The van der Waals surface area contributed by atoms with Crippen molar-refractivity contribution in [2.45, 2.75) is 11.4 Å². The highest BCUT2D eigenvalue weighted by atomic mass is 32.2. The number of aromatic carboxylic acids is 1. The van der Waals surface area contributed by atoms with E-state index in [0.29, 0.717) is 5.56 Å². The number of sulfonamides is 1. The third kappa shape index (κ3) is 4.11. The molecule has 0 saturated heterocycles. The van der Waals surface area contributed by atoms with Crippen LogP contribution in [0.25, 0.3) is 0 Å². The summed E-state index contributed by atoms with van der Waals surface area (Å²) in [7, 11) is -3.91. The number of carboxylic acid groups (broad SMARTS) is 1. The van der Waals surface area contributed by atoms with Crippen LogP contribution in [0.4, 0.5) is 5.69 Å². The second-order valence-electron chi connectivity index (χ2n) is 4.58. The van der Waals surface area contributed by atoms with Crippen molar-refractivity contribution in [3.63, 3.8) is 0 Å². The van der Waals surface area contributed by atoms with Crippen molar-refractivity contribution >= 4 is 21.7 Å². The molecule has 120 valence electrons. The van der Waals surface area contributed by atoms with Crippen LogP contribution >= 0.6 is 0 Å². The van der Waals surface area contributed by atoms with Gasteiger partial charge in [0.15, 0.2) is 0 Å². The normalized spacial score (nSPS) is 11.1. The van der Waals surface area contributed by atoms with Gasteiger partial charge in [0.2, 0.25) is 10.0 Å². The van der Waals surface area contributed by atoms with E-state index < -0.39 is 20.9 Å². The predicted octanol–water partition coefficient (Wildman–Crippen LogP) is 1.77. The zero-order valence-electron chi connectivity index (χ0n) is 11.7. The standard InChI is InChI=1S/C14H12N2O6S/c17-14(18)11-6-4-10(5-7-11)9-15-23(21,22)13-3-1-2-12(8-13)16(19)20/h1-8,15H,9H2,(H,17,18). The molecule has 0 amide bonds. The maximum absolute atomic E-state index is 12.1. The molecule has 2 rings (SSSR count). The van der Waals surface area contributed by atoms with Gasteiger partial charge in [-0.15, -0.1) is 0 Å². The van der Waals surface area contributed by atoms with E-state index >= 15 is 0 Å². The average Bonchev–Trinajstić information content (AvgIpc) is 2.53. The molecular formula is C14H12N2O6S. The molecule has 0 atom stereocenters. The molecular weight excluding hydrogens is 324 g/mol. The summed E-state index contributed by atoms with van der Waals surface area (Å²) < 4.78 is 26.6. The van der Waals surface area contributed by atoms with Gasteiger partial charge in [0.05, 0.1) is 15.4 Å². The van der Waals surface area contributed by atoms with Crippen LogP contribution < -0.4 is 4.72 Å². The number of nitro groups is 1. The van der Waals surface area contributed by atoms with E-state index in [1.165, 1.54) is 42.5 Å². The molecule has 0 fully saturated rings. The zero-order valence-corrected chi connectivity index (χ0v) is 12.5. The summed E-state index contributed by atoms with van der Waals surface area (Å²) in [6.07, 6.45) is 0. The molecule has 0 unspecified atom stereocenters. The topological polar surface area (TPSA) is 127 Å². The highest BCUT2D eigenvalue weighted by Crippen LogP contribution is 2.17. The van der Waals surface area contributed by atoms with Crippen LogP contribution in [0.1, 0.15) is 15.9 Å². The fourth-order valence-corrected chi connectivity index (χ4v) is 2.85. The van der Waals surface area contributed by atoms with Crippen LogP contribution in [0.15, 0.2) is 53.4 Å². The third-order valence-electron chi connectivity index (χ3n) is 3.01. The lowest BCUT2D eigenvalue weighted by molar-refractivity contribution is -0.385. The first kappa shape index (κ1) is 16.6. The highest BCUT2D eigenvalue weighted by molar-refractivity contribution is 7.89. The molecule has 0 aliphatic rings. The molecule has 0 aliphatic heterocycles. The molecule has 0 aliphatic carbocycles. The van der Waals surface area contributed by atoms with Gasteiger partial charge in [-0.3, -0.25) is 10.1 Å². The van der Waals surface area contributed by atoms with Crippen LogP contribution in [0.2, 0.25) is 0 Å². The number of carboxylic acids is 1. The zero-order chi connectivity index (χ0) is 17.0. The van der Waals surface area contributed by atoms with Crippen LogP contribution in [0.3, 0.4) is 0 Å². The van der Waals surface area contributed by atoms with Gasteiger partial charge in [-0.1, -0.05) is 18.2 Å². The van der Waals surface area contributed by atoms with Crippen molar-refractivity contribution in [1.29, 1.82) is 0 Å². The number of hydrogen-bond donors (Lipinski definition) is 2. The minimum atomic E-state index is -3.91. The number of nitrogens with zero attached hydrogens (tertiary/aromatic N) is 1. The number of nitro benzene ring substituents is 1. The summed E-state index contributed by atoms with van der Waals surface area (Å²) in [5.74, 6) is -1.08. The Kier molecular flexibility index (Phi) is 4.72. The largest absolute Gasteiger partial charge is 0.478 e. The fourth-order valence-electron chi connectivity index (χ4n) is 1.79. The molecule has 0 bridgehead atoms. The van der Waals surface area contributed by atoms with E-state index in [-0.39, 0.29) is 22.7 Å². The van der Waals surface area contributed by atoms with Crippen LogP contribution in [-0.2, 0) is 16.6 Å². The maximum atomic E-state index is 12.1. The van der Waals surface area contributed by atoms with Crippen molar-refractivity contribution < 1.29 is 23.2 Å². The molecule has 2 aromatic carbocycles. The number of hydrogen-bond acceptors (Lipinski definition) is 5. The first-order valence-corrected chi connectivity index (χ1v) is 7.84. The first-order valence-electron chi connectivity index (χ1n) is 6.36. The summed E-state index contributed by atoms with van der Waals surface area (Å²) in [4.78, 5) is 20.5. The van der Waals surface area contributed by atoms with E-state index in [1.54, 1.807) is 0 Å². The lowest BCUT2D eigenvalue weighted by Crippen LogP contribution is -2.23. The van der Waals surface area contributed by atoms with Gasteiger partial charge in [0.25, 0.3) is 5.69 Å². The van der Waals surface area contributed by atoms with Gasteiger partial charge < -0.3 is 5.11 Å². The summed E-state index contributed by atoms with van der Waals surface area (Å²) in [6, 6.07) is 10.4. The summed E-state index contributed by atoms with van der Waals surface area (Å²) >= 11 is 0. The Hall–Kier alpha value is -2.78. The van der Waals surface area contributed by atoms with Gasteiger partial charge >= 0.3 is 5.97 Å². The van der Waals surface area contributed by atoms with Gasteiger partial charge in [-0.25, -0.2) is 17.9 Å². The molecule has 23 heavy (non-hydrogen) atoms. The van der Waals surface area contributed by atoms with E-state index in [4.69, 9.17) is 5.11 Å². The number of rotatable bonds is 6. The Morgan fingerprint density at radius 3 is 2.39 bits per heavy atom. The summed E-state index contributed by atoms with van der Waals surface area (Å²) in [5.41, 5.74) is 0.331. The quantitative estimate of drug-likeness (QED) is 0.611. The molecule has 0 radical (unpaired) electrons. The van der Waals surface area contributed by atoms with Crippen molar-refractivity contribution in [3.8, 4) is 0 Å². The molecule has 9 heteroatoms. The van der Waals surface area contributed by atoms with Crippen LogP contribution in [-0.4, -0.2) is 24.4 Å². The molecule has 0 heterocycles. The van der Waals surface area contributed by atoms with E-state index in [0.717, 1.165) is 6.07 Å². The average molecular weight is 336 g/mol. The monoisotopic (exact) mass is 336 g/mol. The molecule has 8 nitrogen and oxygen atoms in total. The van der Waals surface area contributed by atoms with Crippen molar-refractivity contribution in [2.24, 2.45) is 0 Å². The fraction of sp³-hybridized carbons (Fsp3) is 0.0714. The van der Waals surface area contributed by atoms with E-state index in [1.807, 2.05) is 0 Å². The first-order chi connectivity index (χ1) is 10.8. The smallest absolute Gasteiger partial charge is 0.335 e. The SMILES string of the molecule is O=C(O)c1ccc(CNS(=O)(=O)c2cccc([N+](=O)[O-])c2)cc1.